The Bertz CT molecular complexity index is 110. The van der Waals surface area contributed by atoms with Gasteiger partial charge in [0.15, 0.2) is 0 Å². The van der Waals surface area contributed by atoms with Crippen molar-refractivity contribution in [1.82, 2.24) is 0 Å². The molecule has 0 fully saturated rings. The predicted octanol–water partition coefficient (Wildman–Crippen LogP) is 1.87. The van der Waals surface area contributed by atoms with Crippen LogP contribution in [0.2, 0.25) is 0 Å². The third-order valence-corrected chi connectivity index (χ3v) is 1.76. The van der Waals surface area contributed by atoms with E-state index in [0.717, 1.165) is 6.42 Å². The van der Waals surface area contributed by atoms with Crippen LogP contribution in [0, 0.1) is 0 Å². The number of hydrogen-bond acceptors (Lipinski definition) is 2. The number of aliphatic hydroxyl groups is 2. The highest BCUT2D eigenvalue weighted by molar-refractivity contribution is 4.83. The number of rotatable bonds is 7. The van der Waals surface area contributed by atoms with Gasteiger partial charge in [0.25, 0.3) is 0 Å². The molecule has 72 valence electrons. The molecule has 0 aromatic rings. The summed E-state index contributed by atoms with van der Waals surface area (Å²) in [5.74, 6) is 0. The largest absolute Gasteiger partial charge is 0.394 e. The smallest absolute Gasteiger partial charge is 0.0805 e. The fourth-order valence-electron chi connectivity index (χ4n) is 0.958. The zero-order valence-corrected chi connectivity index (χ0v) is 7.87. The van der Waals surface area contributed by atoms with Crippen molar-refractivity contribution in [2.75, 3.05) is 6.61 Å². The topological polar surface area (TPSA) is 40.5 Å². The van der Waals surface area contributed by atoms with Gasteiger partial charge in [0, 0.05) is 0 Å². The molecular formula is C10H20O2. The van der Waals surface area contributed by atoms with Crippen molar-refractivity contribution in [3.63, 3.8) is 0 Å². The molecule has 0 radical (unpaired) electrons. The van der Waals surface area contributed by atoms with E-state index in [2.05, 4.69) is 13.0 Å². The third kappa shape index (κ3) is 7.76. The highest BCUT2D eigenvalue weighted by atomic mass is 16.3. The third-order valence-electron chi connectivity index (χ3n) is 1.76. The number of allylic oxidation sites excluding steroid dienone is 1. The Morgan fingerprint density at radius 1 is 1.25 bits per heavy atom. The lowest BCUT2D eigenvalue weighted by Gasteiger charge is -2.00. The minimum Gasteiger partial charge on any atom is -0.394 e. The van der Waals surface area contributed by atoms with E-state index in [1.54, 1.807) is 0 Å². The Morgan fingerprint density at radius 3 is 2.58 bits per heavy atom. The van der Waals surface area contributed by atoms with Gasteiger partial charge in [-0.1, -0.05) is 31.9 Å². The quantitative estimate of drug-likeness (QED) is 0.454. The van der Waals surface area contributed by atoms with Gasteiger partial charge in [-0.3, -0.25) is 0 Å². The Labute approximate surface area is 74.9 Å². The first-order valence-corrected chi connectivity index (χ1v) is 4.75. The zero-order chi connectivity index (χ0) is 9.23. The lowest BCUT2D eigenvalue weighted by molar-refractivity contribution is 0.0975. The molecule has 0 saturated carbocycles. The van der Waals surface area contributed by atoms with Crippen LogP contribution in [0.1, 0.15) is 39.0 Å². The molecular weight excluding hydrogens is 152 g/mol. The Balaban J connectivity index is 3.13. The molecule has 0 heterocycles. The normalized spacial score (nSPS) is 13.9. The average Bonchev–Trinajstić information content (AvgIpc) is 2.10. The number of unbranched alkanes of at least 4 members (excludes halogenated alkanes) is 3. The maximum Gasteiger partial charge on any atom is 0.0805 e. The van der Waals surface area contributed by atoms with E-state index in [1.807, 2.05) is 6.08 Å². The molecule has 0 aliphatic heterocycles. The number of hydrogen-bond donors (Lipinski definition) is 2. The van der Waals surface area contributed by atoms with Crippen LogP contribution < -0.4 is 0 Å². The van der Waals surface area contributed by atoms with Crippen LogP contribution in [0.4, 0.5) is 0 Å². The first-order valence-electron chi connectivity index (χ1n) is 4.75. The van der Waals surface area contributed by atoms with Gasteiger partial charge in [0.1, 0.15) is 0 Å². The van der Waals surface area contributed by atoms with Crippen LogP contribution in [-0.2, 0) is 0 Å². The molecule has 2 heteroatoms. The molecule has 1 atom stereocenters. The molecule has 0 saturated heterocycles. The highest BCUT2D eigenvalue weighted by Gasteiger charge is 1.95. The summed E-state index contributed by atoms with van der Waals surface area (Å²) in [5, 5.41) is 17.5. The van der Waals surface area contributed by atoms with Crippen molar-refractivity contribution in [1.29, 1.82) is 0 Å². The molecule has 0 aliphatic rings. The SMILES string of the molecule is CCCCC/C=C\C[C@H](O)CO. The number of aliphatic hydroxyl groups excluding tert-OH is 2. The van der Waals surface area contributed by atoms with Gasteiger partial charge in [0.2, 0.25) is 0 Å². The van der Waals surface area contributed by atoms with Crippen molar-refractivity contribution in [2.45, 2.75) is 45.1 Å². The minimum absolute atomic E-state index is 0.140. The molecule has 0 unspecified atom stereocenters. The van der Waals surface area contributed by atoms with Crippen molar-refractivity contribution in [3.05, 3.63) is 12.2 Å². The second-order valence-electron chi connectivity index (χ2n) is 3.04. The van der Waals surface area contributed by atoms with Crippen LogP contribution in [0.15, 0.2) is 12.2 Å². The summed E-state index contributed by atoms with van der Waals surface area (Å²) in [5.41, 5.74) is 0. The summed E-state index contributed by atoms with van der Waals surface area (Å²) < 4.78 is 0. The second kappa shape index (κ2) is 8.75. The van der Waals surface area contributed by atoms with Gasteiger partial charge in [0.05, 0.1) is 12.7 Å². The highest BCUT2D eigenvalue weighted by Crippen LogP contribution is 2.01. The fourth-order valence-corrected chi connectivity index (χ4v) is 0.958. The summed E-state index contributed by atoms with van der Waals surface area (Å²) in [6.07, 6.45) is 8.84. The summed E-state index contributed by atoms with van der Waals surface area (Å²) in [6.45, 7) is 2.04. The van der Waals surface area contributed by atoms with E-state index in [-0.39, 0.29) is 6.61 Å². The molecule has 0 spiro atoms. The van der Waals surface area contributed by atoms with E-state index in [4.69, 9.17) is 10.2 Å². The van der Waals surface area contributed by atoms with Crippen LogP contribution in [-0.4, -0.2) is 22.9 Å². The summed E-state index contributed by atoms with van der Waals surface area (Å²) >= 11 is 0. The molecule has 0 amide bonds. The van der Waals surface area contributed by atoms with E-state index in [9.17, 15) is 0 Å². The molecule has 2 N–H and O–H groups in total. The molecule has 12 heavy (non-hydrogen) atoms. The summed E-state index contributed by atoms with van der Waals surface area (Å²) in [6, 6.07) is 0. The lowest BCUT2D eigenvalue weighted by Crippen LogP contribution is -2.09. The summed E-state index contributed by atoms with van der Waals surface area (Å²) in [4.78, 5) is 0. The Kier molecular flexibility index (Phi) is 8.51. The monoisotopic (exact) mass is 172 g/mol. The van der Waals surface area contributed by atoms with E-state index in [0.29, 0.717) is 6.42 Å². The zero-order valence-electron chi connectivity index (χ0n) is 7.87. The van der Waals surface area contributed by atoms with Crippen molar-refractivity contribution < 1.29 is 10.2 Å². The molecule has 2 nitrogen and oxygen atoms in total. The van der Waals surface area contributed by atoms with Crippen LogP contribution >= 0.6 is 0 Å². The second-order valence-corrected chi connectivity index (χ2v) is 3.04. The van der Waals surface area contributed by atoms with Gasteiger partial charge >= 0.3 is 0 Å². The van der Waals surface area contributed by atoms with E-state index in [1.165, 1.54) is 19.3 Å². The van der Waals surface area contributed by atoms with Gasteiger partial charge < -0.3 is 10.2 Å². The first kappa shape index (κ1) is 11.7. The molecule has 0 aliphatic carbocycles. The van der Waals surface area contributed by atoms with Crippen molar-refractivity contribution in [3.8, 4) is 0 Å². The predicted molar refractivity (Wildman–Crippen MR) is 51.0 cm³/mol. The van der Waals surface area contributed by atoms with Gasteiger partial charge in [-0.05, 0) is 19.3 Å². The summed E-state index contributed by atoms with van der Waals surface area (Å²) in [7, 11) is 0. The molecule has 0 aromatic carbocycles. The van der Waals surface area contributed by atoms with Gasteiger partial charge in [-0.2, -0.15) is 0 Å². The van der Waals surface area contributed by atoms with Gasteiger partial charge in [-0.15, -0.1) is 0 Å². The minimum atomic E-state index is -0.576. The van der Waals surface area contributed by atoms with Crippen molar-refractivity contribution >= 4 is 0 Å². The molecule has 0 aromatic heterocycles. The molecule has 0 rings (SSSR count). The van der Waals surface area contributed by atoms with E-state index >= 15 is 0 Å². The van der Waals surface area contributed by atoms with E-state index < -0.39 is 6.10 Å². The average molecular weight is 172 g/mol. The fraction of sp³-hybridized carbons (Fsp3) is 0.800. The molecule has 0 bridgehead atoms. The van der Waals surface area contributed by atoms with Crippen molar-refractivity contribution in [2.24, 2.45) is 0 Å². The van der Waals surface area contributed by atoms with Crippen LogP contribution in [0.25, 0.3) is 0 Å². The maximum atomic E-state index is 8.96. The van der Waals surface area contributed by atoms with Crippen LogP contribution in [0.5, 0.6) is 0 Å². The standard InChI is InChI=1S/C10H20O2/c1-2-3-4-5-6-7-8-10(12)9-11/h6-7,10-12H,2-5,8-9H2,1H3/b7-6-/t10-/m0/s1. The Hall–Kier alpha value is -0.340. The lowest BCUT2D eigenvalue weighted by atomic mass is 10.2. The van der Waals surface area contributed by atoms with Crippen LogP contribution in [0.3, 0.4) is 0 Å². The Morgan fingerprint density at radius 2 is 2.00 bits per heavy atom. The van der Waals surface area contributed by atoms with Gasteiger partial charge in [-0.25, -0.2) is 0 Å². The first-order chi connectivity index (χ1) is 5.81. The maximum absolute atomic E-state index is 8.96.